The van der Waals surface area contributed by atoms with Crippen LogP contribution in [-0.2, 0) is 9.59 Å². The monoisotopic (exact) mass is 358 g/mol. The van der Waals surface area contributed by atoms with Crippen LogP contribution < -0.4 is 10.6 Å². The number of hydrogen-bond acceptors (Lipinski definition) is 4. The van der Waals surface area contributed by atoms with Crippen LogP contribution in [-0.4, -0.2) is 46.9 Å². The maximum Gasteiger partial charge on any atom is 0.237 e. The maximum absolute atomic E-state index is 12.4. The van der Waals surface area contributed by atoms with E-state index in [1.807, 2.05) is 26.0 Å². The molecular weight excluding hydrogens is 328 g/mol. The molecule has 6 heteroatoms. The third-order valence-corrected chi connectivity index (χ3v) is 5.69. The number of carbonyl (C=O) groups excluding carboxylic acids is 2. The fourth-order valence-electron chi connectivity index (χ4n) is 3.88. The van der Waals surface area contributed by atoms with Gasteiger partial charge >= 0.3 is 0 Å². The summed E-state index contributed by atoms with van der Waals surface area (Å²) in [6, 6.07) is 4.00. The molecule has 0 bridgehead atoms. The Balaban J connectivity index is 1.44. The lowest BCUT2D eigenvalue weighted by atomic mass is 9.95. The van der Waals surface area contributed by atoms with Crippen LogP contribution in [0.5, 0.6) is 0 Å². The molecule has 142 valence electrons. The molecule has 1 aromatic rings. The molecule has 1 unspecified atom stereocenters. The van der Waals surface area contributed by atoms with Crippen molar-refractivity contribution in [1.82, 2.24) is 15.2 Å². The smallest absolute Gasteiger partial charge is 0.237 e. The number of piperidine rings is 1. The molecule has 1 aromatic heterocycles. The highest BCUT2D eigenvalue weighted by atomic mass is 16.2. The van der Waals surface area contributed by atoms with Crippen molar-refractivity contribution in [2.45, 2.75) is 64.5 Å². The average molecular weight is 358 g/mol. The van der Waals surface area contributed by atoms with E-state index in [-0.39, 0.29) is 23.8 Å². The number of aromatic nitrogens is 1. The number of nitrogens with zero attached hydrogens (tertiary/aromatic N) is 2. The second-order valence-electron chi connectivity index (χ2n) is 7.69. The Bertz CT molecular complexity index is 617. The number of pyridine rings is 1. The number of hydrogen-bond donors (Lipinski definition) is 2. The van der Waals surface area contributed by atoms with Crippen molar-refractivity contribution in [3.8, 4) is 0 Å². The van der Waals surface area contributed by atoms with Crippen molar-refractivity contribution in [2.24, 2.45) is 5.92 Å². The first-order valence-corrected chi connectivity index (χ1v) is 9.81. The highest BCUT2D eigenvalue weighted by Gasteiger charge is 2.30. The van der Waals surface area contributed by atoms with Crippen LogP contribution >= 0.6 is 0 Å². The number of amides is 2. The Morgan fingerprint density at radius 1 is 1.15 bits per heavy atom. The van der Waals surface area contributed by atoms with Crippen LogP contribution in [0.3, 0.4) is 0 Å². The van der Waals surface area contributed by atoms with Crippen molar-refractivity contribution in [2.75, 3.05) is 18.4 Å². The molecule has 2 fully saturated rings. The van der Waals surface area contributed by atoms with E-state index >= 15 is 0 Å². The molecular formula is C20H30N4O2. The first-order chi connectivity index (χ1) is 12.5. The topological polar surface area (TPSA) is 74.3 Å². The van der Waals surface area contributed by atoms with Crippen LogP contribution in [0.25, 0.3) is 0 Å². The van der Waals surface area contributed by atoms with E-state index in [4.69, 9.17) is 0 Å². The Morgan fingerprint density at radius 3 is 2.46 bits per heavy atom. The van der Waals surface area contributed by atoms with Crippen LogP contribution in [0, 0.1) is 12.8 Å². The zero-order valence-corrected chi connectivity index (χ0v) is 15.8. The predicted octanol–water partition coefficient (Wildman–Crippen LogP) is 2.49. The lowest BCUT2D eigenvalue weighted by Crippen LogP contribution is -2.50. The van der Waals surface area contributed by atoms with Crippen LogP contribution in [0.4, 0.5) is 5.82 Å². The van der Waals surface area contributed by atoms with Gasteiger partial charge in [-0.15, -0.1) is 0 Å². The highest BCUT2D eigenvalue weighted by Crippen LogP contribution is 2.22. The predicted molar refractivity (Wildman–Crippen MR) is 102 cm³/mol. The summed E-state index contributed by atoms with van der Waals surface area (Å²) in [6.07, 6.45) is 7.95. The number of carbonyl (C=O) groups is 2. The Labute approximate surface area is 155 Å². The van der Waals surface area contributed by atoms with Crippen molar-refractivity contribution in [3.05, 3.63) is 23.9 Å². The van der Waals surface area contributed by atoms with Gasteiger partial charge in [0, 0.05) is 18.2 Å². The van der Waals surface area contributed by atoms with Gasteiger partial charge in [-0.2, -0.15) is 0 Å². The molecule has 0 spiro atoms. The molecule has 6 nitrogen and oxygen atoms in total. The van der Waals surface area contributed by atoms with E-state index < -0.39 is 0 Å². The zero-order chi connectivity index (χ0) is 18.5. The fourth-order valence-corrected chi connectivity index (χ4v) is 3.88. The molecule has 0 aromatic carbocycles. The Hall–Kier alpha value is -1.95. The standard InChI is InChI=1S/C20H30N4O2/c1-14-7-8-18(21-13-14)23-20(26)16-9-11-24(12-10-16)15(2)19(25)22-17-5-3-4-6-17/h7-8,13,15-17H,3-6,9-12H2,1-2H3,(H,22,25)(H,21,23,26). The van der Waals surface area contributed by atoms with Crippen LogP contribution in [0.15, 0.2) is 18.3 Å². The SMILES string of the molecule is Cc1ccc(NC(=O)C2CCN(C(C)C(=O)NC3CCCC3)CC2)nc1. The van der Waals surface area contributed by atoms with E-state index in [1.165, 1.54) is 12.8 Å². The van der Waals surface area contributed by atoms with Gasteiger partial charge in [0.25, 0.3) is 0 Å². The fraction of sp³-hybridized carbons (Fsp3) is 0.650. The van der Waals surface area contributed by atoms with Gasteiger partial charge in [-0.25, -0.2) is 4.98 Å². The molecule has 2 N–H and O–H groups in total. The molecule has 0 radical (unpaired) electrons. The largest absolute Gasteiger partial charge is 0.352 e. The third kappa shape index (κ3) is 4.81. The van der Waals surface area contributed by atoms with Gasteiger partial charge in [-0.1, -0.05) is 18.9 Å². The molecule has 2 aliphatic rings. The molecule has 2 amide bonds. The van der Waals surface area contributed by atoms with E-state index in [2.05, 4.69) is 20.5 Å². The molecule has 1 aliphatic heterocycles. The number of nitrogens with one attached hydrogen (secondary N) is 2. The van der Waals surface area contributed by atoms with Gasteiger partial charge in [-0.05, 0) is 64.3 Å². The van der Waals surface area contributed by atoms with Gasteiger partial charge in [-0.3, -0.25) is 14.5 Å². The Morgan fingerprint density at radius 2 is 1.85 bits per heavy atom. The van der Waals surface area contributed by atoms with E-state index in [1.54, 1.807) is 6.20 Å². The van der Waals surface area contributed by atoms with Crippen molar-refractivity contribution < 1.29 is 9.59 Å². The Kier molecular flexibility index (Phi) is 6.25. The summed E-state index contributed by atoms with van der Waals surface area (Å²) in [6.45, 7) is 5.50. The quantitative estimate of drug-likeness (QED) is 0.848. The summed E-state index contributed by atoms with van der Waals surface area (Å²) in [7, 11) is 0. The van der Waals surface area contributed by atoms with Gasteiger partial charge in [0.2, 0.25) is 11.8 Å². The number of anilines is 1. The summed E-state index contributed by atoms with van der Waals surface area (Å²) < 4.78 is 0. The molecule has 26 heavy (non-hydrogen) atoms. The second-order valence-corrected chi connectivity index (χ2v) is 7.69. The second kappa shape index (κ2) is 8.62. The van der Waals surface area contributed by atoms with Gasteiger partial charge < -0.3 is 10.6 Å². The number of rotatable bonds is 5. The van der Waals surface area contributed by atoms with Gasteiger partial charge in [0.1, 0.15) is 5.82 Å². The van der Waals surface area contributed by atoms with E-state index in [0.29, 0.717) is 11.9 Å². The van der Waals surface area contributed by atoms with Gasteiger partial charge in [0.05, 0.1) is 6.04 Å². The van der Waals surface area contributed by atoms with E-state index in [9.17, 15) is 9.59 Å². The minimum absolute atomic E-state index is 0.0144. The van der Waals surface area contributed by atoms with Crippen LogP contribution in [0.2, 0.25) is 0 Å². The molecule has 3 rings (SSSR count). The maximum atomic E-state index is 12.4. The molecule has 1 saturated carbocycles. The first kappa shape index (κ1) is 18.8. The van der Waals surface area contributed by atoms with Crippen LogP contribution in [0.1, 0.15) is 51.0 Å². The molecule has 2 heterocycles. The summed E-state index contributed by atoms with van der Waals surface area (Å²) in [5, 5.41) is 6.09. The molecule has 1 saturated heterocycles. The summed E-state index contributed by atoms with van der Waals surface area (Å²) in [4.78, 5) is 31.3. The highest BCUT2D eigenvalue weighted by molar-refractivity contribution is 5.91. The summed E-state index contributed by atoms with van der Waals surface area (Å²) >= 11 is 0. The van der Waals surface area contributed by atoms with Crippen molar-refractivity contribution in [1.29, 1.82) is 0 Å². The normalized spacial score (nSPS) is 20.7. The summed E-state index contributed by atoms with van der Waals surface area (Å²) in [5.74, 6) is 0.750. The summed E-state index contributed by atoms with van der Waals surface area (Å²) in [5.41, 5.74) is 1.07. The van der Waals surface area contributed by atoms with Crippen molar-refractivity contribution in [3.63, 3.8) is 0 Å². The van der Waals surface area contributed by atoms with Gasteiger partial charge in [0.15, 0.2) is 0 Å². The zero-order valence-electron chi connectivity index (χ0n) is 15.8. The number of likely N-dealkylation sites (tertiary alicyclic amines) is 1. The van der Waals surface area contributed by atoms with Crippen molar-refractivity contribution >= 4 is 17.6 Å². The number of aryl methyl sites for hydroxylation is 1. The third-order valence-electron chi connectivity index (χ3n) is 5.69. The minimum Gasteiger partial charge on any atom is -0.352 e. The van der Waals surface area contributed by atoms with E-state index in [0.717, 1.165) is 44.3 Å². The average Bonchev–Trinajstić information content (AvgIpc) is 3.16. The molecule has 1 atom stereocenters. The minimum atomic E-state index is -0.127. The lowest BCUT2D eigenvalue weighted by Gasteiger charge is -2.35. The first-order valence-electron chi connectivity index (χ1n) is 9.81. The molecule has 1 aliphatic carbocycles. The lowest BCUT2D eigenvalue weighted by molar-refractivity contribution is -0.127.